The molecule has 2 heterocycles. The number of aromatic nitrogens is 4. The minimum absolute atomic E-state index is 0.0526. The van der Waals surface area contributed by atoms with Crippen LogP contribution in [0, 0.1) is 0 Å². The first-order chi connectivity index (χ1) is 14.4. The number of nitrogens with one attached hydrogen (secondary N) is 1. The fraction of sp³-hybridized carbons (Fsp3) is 0.263. The van der Waals surface area contributed by atoms with Crippen molar-refractivity contribution in [1.29, 1.82) is 0 Å². The summed E-state index contributed by atoms with van der Waals surface area (Å²) in [5.41, 5.74) is 0. The fourth-order valence-electron chi connectivity index (χ4n) is 2.48. The van der Waals surface area contributed by atoms with E-state index < -0.39 is 10.0 Å². The second kappa shape index (κ2) is 9.68. The van der Waals surface area contributed by atoms with Gasteiger partial charge < -0.3 is 9.47 Å². The van der Waals surface area contributed by atoms with Gasteiger partial charge in [0, 0.05) is 12.4 Å². The van der Waals surface area contributed by atoms with E-state index in [0.717, 1.165) is 0 Å². The molecule has 3 aromatic rings. The minimum atomic E-state index is -3.69. The van der Waals surface area contributed by atoms with Crippen LogP contribution in [0.5, 0.6) is 17.2 Å². The number of rotatable bonds is 9. The number of para-hydroxylation sites is 2. The van der Waals surface area contributed by atoms with Crippen molar-refractivity contribution in [2.45, 2.75) is 20.3 Å². The van der Waals surface area contributed by atoms with Crippen molar-refractivity contribution in [3.63, 3.8) is 0 Å². The zero-order valence-corrected chi connectivity index (χ0v) is 17.9. The number of halogens is 1. The summed E-state index contributed by atoms with van der Waals surface area (Å²) in [7, 11) is -3.69. The van der Waals surface area contributed by atoms with Crippen LogP contribution in [0.1, 0.15) is 20.3 Å². The molecule has 0 unspecified atom stereocenters. The van der Waals surface area contributed by atoms with E-state index in [1.54, 1.807) is 37.3 Å². The molecule has 9 nitrogen and oxygen atoms in total. The first-order valence-electron chi connectivity index (χ1n) is 9.18. The third-order valence-electron chi connectivity index (χ3n) is 3.68. The first-order valence-corrected chi connectivity index (χ1v) is 11.2. The van der Waals surface area contributed by atoms with Crippen LogP contribution in [0.25, 0.3) is 11.6 Å². The Labute approximate surface area is 179 Å². The Morgan fingerprint density at radius 3 is 2.37 bits per heavy atom. The average Bonchev–Trinajstić information content (AvgIpc) is 2.72. The van der Waals surface area contributed by atoms with Gasteiger partial charge in [0.2, 0.25) is 21.6 Å². The van der Waals surface area contributed by atoms with Gasteiger partial charge in [0.15, 0.2) is 28.3 Å². The number of hydrogen-bond acceptors (Lipinski definition) is 8. The van der Waals surface area contributed by atoms with Crippen molar-refractivity contribution in [3.8, 4) is 28.9 Å². The maximum atomic E-state index is 12.4. The molecule has 0 fully saturated rings. The SMILES string of the molecule is CCCS(=O)(=O)Nc1nc(-c2ncccn2)nc(Cl)c1Oc1ccccc1OCC. The Bertz CT molecular complexity index is 1110. The van der Waals surface area contributed by atoms with Crippen LogP contribution in [0.15, 0.2) is 42.7 Å². The minimum Gasteiger partial charge on any atom is -0.490 e. The molecule has 11 heteroatoms. The molecule has 30 heavy (non-hydrogen) atoms. The van der Waals surface area contributed by atoms with Gasteiger partial charge in [0.1, 0.15) is 0 Å². The van der Waals surface area contributed by atoms with Crippen LogP contribution < -0.4 is 14.2 Å². The Hall–Kier alpha value is -2.98. The molecule has 0 aliphatic heterocycles. The number of hydrogen-bond donors (Lipinski definition) is 1. The monoisotopic (exact) mass is 449 g/mol. The van der Waals surface area contributed by atoms with Crippen LogP contribution in [0.3, 0.4) is 0 Å². The van der Waals surface area contributed by atoms with Crippen molar-refractivity contribution in [3.05, 3.63) is 47.9 Å². The van der Waals surface area contributed by atoms with Crippen molar-refractivity contribution >= 4 is 27.4 Å². The summed E-state index contributed by atoms with van der Waals surface area (Å²) in [4.78, 5) is 16.6. The lowest BCUT2D eigenvalue weighted by Gasteiger charge is -2.16. The molecule has 1 aromatic carbocycles. The number of nitrogens with zero attached hydrogens (tertiary/aromatic N) is 4. The highest BCUT2D eigenvalue weighted by Gasteiger charge is 2.22. The van der Waals surface area contributed by atoms with Crippen molar-refractivity contribution in [2.24, 2.45) is 0 Å². The molecule has 2 aromatic heterocycles. The van der Waals surface area contributed by atoms with Gasteiger partial charge in [-0.3, -0.25) is 4.72 Å². The Balaban J connectivity index is 2.09. The molecule has 0 spiro atoms. The summed E-state index contributed by atoms with van der Waals surface area (Å²) in [6.07, 6.45) is 3.46. The second-order valence-electron chi connectivity index (χ2n) is 5.99. The van der Waals surface area contributed by atoms with Crippen molar-refractivity contribution in [1.82, 2.24) is 19.9 Å². The predicted molar refractivity (Wildman–Crippen MR) is 113 cm³/mol. The molecule has 1 N–H and O–H groups in total. The van der Waals surface area contributed by atoms with E-state index >= 15 is 0 Å². The Morgan fingerprint density at radius 2 is 1.70 bits per heavy atom. The van der Waals surface area contributed by atoms with Crippen LogP contribution in [0.2, 0.25) is 5.15 Å². The Kier molecular flexibility index (Phi) is 7.01. The highest BCUT2D eigenvalue weighted by Crippen LogP contribution is 2.39. The first kappa shape index (κ1) is 21.7. The second-order valence-corrected chi connectivity index (χ2v) is 8.19. The van der Waals surface area contributed by atoms with Gasteiger partial charge in [-0.15, -0.1) is 0 Å². The molecule has 0 aliphatic rings. The van der Waals surface area contributed by atoms with E-state index in [0.29, 0.717) is 24.5 Å². The van der Waals surface area contributed by atoms with Gasteiger partial charge in [-0.25, -0.2) is 28.4 Å². The lowest BCUT2D eigenvalue weighted by molar-refractivity contribution is 0.321. The van der Waals surface area contributed by atoms with Crippen molar-refractivity contribution in [2.75, 3.05) is 17.1 Å². The molecule has 0 aliphatic carbocycles. The fourth-order valence-corrected chi connectivity index (χ4v) is 3.76. The number of benzene rings is 1. The summed E-state index contributed by atoms with van der Waals surface area (Å²) >= 11 is 6.36. The number of anilines is 1. The largest absolute Gasteiger partial charge is 0.490 e. The van der Waals surface area contributed by atoms with Gasteiger partial charge >= 0.3 is 0 Å². The summed E-state index contributed by atoms with van der Waals surface area (Å²) in [6.45, 7) is 4.02. The molecule has 158 valence electrons. The predicted octanol–water partition coefficient (Wildman–Crippen LogP) is 3.93. The molecular formula is C19H20ClN5O4S. The van der Waals surface area contributed by atoms with Gasteiger partial charge in [-0.05, 0) is 31.5 Å². The normalized spacial score (nSPS) is 11.2. The van der Waals surface area contributed by atoms with Gasteiger partial charge in [-0.1, -0.05) is 30.7 Å². The molecule has 0 saturated carbocycles. The molecular weight excluding hydrogens is 430 g/mol. The summed E-state index contributed by atoms with van der Waals surface area (Å²) in [5.74, 6) is 0.788. The van der Waals surface area contributed by atoms with Crippen LogP contribution >= 0.6 is 11.6 Å². The van der Waals surface area contributed by atoms with Crippen LogP contribution in [-0.4, -0.2) is 40.7 Å². The molecule has 3 rings (SSSR count). The van der Waals surface area contributed by atoms with E-state index in [2.05, 4.69) is 24.7 Å². The summed E-state index contributed by atoms with van der Waals surface area (Å²) in [5, 5.41) is -0.104. The van der Waals surface area contributed by atoms with Crippen molar-refractivity contribution < 1.29 is 17.9 Å². The standard InChI is InChI=1S/C19H20ClN5O4S/c1-3-12-30(26,27)25-17-15(29-14-9-6-5-8-13(14)28-4-2)16(20)23-19(24-17)18-21-10-7-11-22-18/h5-11H,3-4,12H2,1-2H3,(H,23,24,25). The highest BCUT2D eigenvalue weighted by molar-refractivity contribution is 7.92. The average molecular weight is 450 g/mol. The van der Waals surface area contributed by atoms with Gasteiger partial charge in [0.25, 0.3) is 0 Å². The third-order valence-corrected chi connectivity index (χ3v) is 5.38. The zero-order valence-electron chi connectivity index (χ0n) is 16.4. The van der Waals surface area contributed by atoms with E-state index in [4.69, 9.17) is 21.1 Å². The lowest BCUT2D eigenvalue weighted by Crippen LogP contribution is -2.18. The lowest BCUT2D eigenvalue weighted by atomic mass is 10.3. The van der Waals surface area contributed by atoms with E-state index in [-0.39, 0.29) is 34.1 Å². The van der Waals surface area contributed by atoms with Crippen LogP contribution in [0.4, 0.5) is 5.82 Å². The summed E-state index contributed by atoms with van der Waals surface area (Å²) < 4.78 is 38.7. The van der Waals surface area contributed by atoms with E-state index in [9.17, 15) is 8.42 Å². The van der Waals surface area contributed by atoms with E-state index in [1.165, 1.54) is 12.4 Å². The van der Waals surface area contributed by atoms with Crippen LogP contribution in [-0.2, 0) is 10.0 Å². The quantitative estimate of drug-likeness (QED) is 0.488. The topological polar surface area (TPSA) is 116 Å². The van der Waals surface area contributed by atoms with Gasteiger partial charge in [-0.2, -0.15) is 0 Å². The smallest absolute Gasteiger partial charge is 0.233 e. The van der Waals surface area contributed by atoms with E-state index in [1.807, 2.05) is 6.92 Å². The molecule has 0 saturated heterocycles. The number of ether oxygens (including phenoxy) is 2. The molecule has 0 atom stereocenters. The van der Waals surface area contributed by atoms with Gasteiger partial charge in [0.05, 0.1) is 12.4 Å². The molecule has 0 bridgehead atoms. The Morgan fingerprint density at radius 1 is 1.00 bits per heavy atom. The maximum Gasteiger partial charge on any atom is 0.233 e. The zero-order chi connectivity index (χ0) is 21.6. The maximum absolute atomic E-state index is 12.4. The molecule has 0 radical (unpaired) electrons. The number of sulfonamides is 1. The summed E-state index contributed by atoms with van der Waals surface area (Å²) in [6, 6.07) is 8.56. The third kappa shape index (κ3) is 5.33. The molecule has 0 amide bonds. The highest BCUT2D eigenvalue weighted by atomic mass is 35.5.